The molecule has 2 rings (SSSR count). The van der Waals surface area contributed by atoms with E-state index in [-0.39, 0.29) is 19.7 Å². The second kappa shape index (κ2) is 4.36. The molecule has 2 saturated heterocycles. The van der Waals surface area contributed by atoms with Crippen LogP contribution in [-0.4, -0.2) is 53.6 Å². The molecule has 2 heterocycles. The molecular weight excluding hydrogens is 248 g/mol. The Morgan fingerprint density at radius 3 is 2.53 bits per heavy atom. The monoisotopic (exact) mass is 268 g/mol. The highest BCUT2D eigenvalue weighted by Gasteiger charge is 2.61. The van der Waals surface area contributed by atoms with E-state index in [4.69, 9.17) is 9.47 Å². The molecule has 2 fully saturated rings. The molecule has 2 aliphatic rings. The van der Waals surface area contributed by atoms with Gasteiger partial charge >= 0.3 is 6.09 Å². The number of likely N-dealkylation sites (tertiary alicyclic amines) is 1. The molecule has 1 N–H and O–H groups in total. The summed E-state index contributed by atoms with van der Waals surface area (Å²) in [7, 11) is 0. The highest BCUT2D eigenvalue weighted by Crippen LogP contribution is 2.44. The Kier molecular flexibility index (Phi) is 3.23. The van der Waals surface area contributed by atoms with Gasteiger partial charge in [0.1, 0.15) is 16.6 Å². The van der Waals surface area contributed by atoms with Crippen molar-refractivity contribution in [3.05, 3.63) is 0 Å². The summed E-state index contributed by atoms with van der Waals surface area (Å²) in [6, 6.07) is 2.17. The predicted octanol–water partition coefficient (Wildman–Crippen LogP) is 0.898. The fourth-order valence-corrected chi connectivity index (χ4v) is 2.47. The van der Waals surface area contributed by atoms with Gasteiger partial charge in [0.25, 0.3) is 0 Å². The summed E-state index contributed by atoms with van der Waals surface area (Å²) in [6.07, 6.45) is 0.0477. The summed E-state index contributed by atoms with van der Waals surface area (Å²) >= 11 is 0. The molecule has 1 atom stereocenters. The van der Waals surface area contributed by atoms with Crippen molar-refractivity contribution < 1.29 is 19.4 Å². The molecule has 6 heteroatoms. The Balaban J connectivity index is 1.98. The molecule has 0 aromatic carbocycles. The molecule has 0 aliphatic carbocycles. The summed E-state index contributed by atoms with van der Waals surface area (Å²) in [5.74, 6) is 0. The molecule has 0 bridgehead atoms. The van der Waals surface area contributed by atoms with Gasteiger partial charge in [-0.15, -0.1) is 0 Å². The smallest absolute Gasteiger partial charge is 0.410 e. The van der Waals surface area contributed by atoms with Crippen molar-refractivity contribution in [2.75, 3.05) is 26.3 Å². The number of nitrogens with zero attached hydrogens (tertiary/aromatic N) is 2. The van der Waals surface area contributed by atoms with Crippen LogP contribution in [0.15, 0.2) is 0 Å². The lowest BCUT2D eigenvalue weighted by Gasteiger charge is -2.52. The Morgan fingerprint density at radius 1 is 1.47 bits per heavy atom. The number of hydrogen-bond acceptors (Lipinski definition) is 5. The summed E-state index contributed by atoms with van der Waals surface area (Å²) in [5, 5.41) is 19.8. The lowest BCUT2D eigenvalue weighted by molar-refractivity contribution is -0.154. The second-order valence-electron chi connectivity index (χ2n) is 6.36. The highest BCUT2D eigenvalue weighted by molar-refractivity contribution is 5.70. The van der Waals surface area contributed by atoms with Crippen LogP contribution >= 0.6 is 0 Å². The van der Waals surface area contributed by atoms with Crippen molar-refractivity contribution in [1.29, 1.82) is 5.26 Å². The van der Waals surface area contributed by atoms with Gasteiger partial charge in [0.15, 0.2) is 0 Å². The maximum atomic E-state index is 11.8. The number of nitriles is 1. The maximum absolute atomic E-state index is 11.8. The molecule has 6 nitrogen and oxygen atoms in total. The van der Waals surface area contributed by atoms with Crippen LogP contribution in [0, 0.1) is 16.7 Å². The first kappa shape index (κ1) is 14.1. The van der Waals surface area contributed by atoms with Gasteiger partial charge in [0.05, 0.1) is 25.8 Å². The second-order valence-corrected chi connectivity index (χ2v) is 6.36. The van der Waals surface area contributed by atoms with E-state index in [1.807, 2.05) is 0 Å². The van der Waals surface area contributed by atoms with Crippen molar-refractivity contribution in [2.45, 2.75) is 38.4 Å². The summed E-state index contributed by atoms with van der Waals surface area (Å²) in [4.78, 5) is 13.2. The van der Waals surface area contributed by atoms with Crippen LogP contribution in [0.5, 0.6) is 0 Å². The first-order valence-corrected chi connectivity index (χ1v) is 6.41. The third kappa shape index (κ3) is 2.40. The van der Waals surface area contributed by atoms with Gasteiger partial charge in [-0.2, -0.15) is 5.26 Å². The molecule has 19 heavy (non-hydrogen) atoms. The van der Waals surface area contributed by atoms with Gasteiger partial charge < -0.3 is 19.5 Å². The van der Waals surface area contributed by atoms with Crippen LogP contribution in [0.3, 0.4) is 0 Å². The number of β-amino-alcohol motifs (C(OH)–C–C–N with tert-alkyl or cyclic N) is 1. The average Bonchev–Trinajstić information content (AvgIpc) is 2.72. The molecule has 2 aliphatic heterocycles. The zero-order valence-electron chi connectivity index (χ0n) is 11.6. The fraction of sp³-hybridized carbons (Fsp3) is 0.846. The van der Waals surface area contributed by atoms with Gasteiger partial charge in [0.2, 0.25) is 0 Å². The van der Waals surface area contributed by atoms with Crippen molar-refractivity contribution in [3.8, 4) is 6.07 Å². The topological polar surface area (TPSA) is 82.8 Å². The number of aliphatic hydroxyl groups is 1. The molecule has 1 unspecified atom stereocenters. The highest BCUT2D eigenvalue weighted by atomic mass is 16.6. The zero-order chi connectivity index (χ0) is 14.3. The van der Waals surface area contributed by atoms with Crippen molar-refractivity contribution in [1.82, 2.24) is 4.90 Å². The van der Waals surface area contributed by atoms with E-state index < -0.39 is 22.7 Å². The average molecular weight is 268 g/mol. The summed E-state index contributed by atoms with van der Waals surface area (Å²) < 4.78 is 10.5. The number of carbonyl (C=O) groups is 1. The molecule has 0 radical (unpaired) electrons. The van der Waals surface area contributed by atoms with Crippen LogP contribution < -0.4 is 0 Å². The van der Waals surface area contributed by atoms with Gasteiger partial charge in [-0.05, 0) is 27.2 Å². The van der Waals surface area contributed by atoms with Crippen molar-refractivity contribution in [3.63, 3.8) is 0 Å². The number of hydrogen-bond donors (Lipinski definition) is 1. The van der Waals surface area contributed by atoms with Gasteiger partial charge in [-0.1, -0.05) is 0 Å². The first-order valence-electron chi connectivity index (χ1n) is 6.41. The summed E-state index contributed by atoms with van der Waals surface area (Å²) in [6.45, 7) is 6.32. The van der Waals surface area contributed by atoms with E-state index in [0.717, 1.165) is 0 Å². The molecule has 0 spiro atoms. The van der Waals surface area contributed by atoms with E-state index in [9.17, 15) is 15.2 Å². The standard InChI is InChI=1S/C13H20N2O4/c1-11(2,3)19-10(16)15-7-13(17,8-15)12(6-14)4-5-18-9-12/h17H,4-5,7-9H2,1-3H3. The van der Waals surface area contributed by atoms with E-state index in [2.05, 4.69) is 6.07 Å². The first-order chi connectivity index (χ1) is 8.71. The Labute approximate surface area is 112 Å². The van der Waals surface area contributed by atoms with Crippen LogP contribution in [0.2, 0.25) is 0 Å². The minimum Gasteiger partial charge on any atom is -0.444 e. The third-order valence-corrected chi connectivity index (χ3v) is 3.68. The van der Waals surface area contributed by atoms with Crippen molar-refractivity contribution in [2.24, 2.45) is 5.41 Å². The largest absolute Gasteiger partial charge is 0.444 e. The molecule has 0 saturated carbocycles. The third-order valence-electron chi connectivity index (χ3n) is 3.68. The van der Waals surface area contributed by atoms with Gasteiger partial charge in [-0.3, -0.25) is 0 Å². The summed E-state index contributed by atoms with van der Waals surface area (Å²) in [5.41, 5.74) is -2.64. The number of amides is 1. The van der Waals surface area contributed by atoms with Crippen LogP contribution in [0.4, 0.5) is 4.79 Å². The predicted molar refractivity (Wildman–Crippen MR) is 66.2 cm³/mol. The Bertz CT molecular complexity index is 409. The lowest BCUT2D eigenvalue weighted by Crippen LogP contribution is -2.71. The zero-order valence-corrected chi connectivity index (χ0v) is 11.6. The number of ether oxygens (including phenoxy) is 2. The maximum Gasteiger partial charge on any atom is 0.410 e. The normalized spacial score (nSPS) is 29.5. The van der Waals surface area contributed by atoms with E-state index in [0.29, 0.717) is 13.0 Å². The molecule has 1 amide bonds. The van der Waals surface area contributed by atoms with Crippen LogP contribution in [-0.2, 0) is 9.47 Å². The fourth-order valence-electron chi connectivity index (χ4n) is 2.47. The minimum atomic E-state index is -1.19. The van der Waals surface area contributed by atoms with Gasteiger partial charge in [0, 0.05) is 6.61 Å². The van der Waals surface area contributed by atoms with Crippen LogP contribution in [0.1, 0.15) is 27.2 Å². The van der Waals surface area contributed by atoms with Gasteiger partial charge in [-0.25, -0.2) is 4.79 Å². The SMILES string of the molecule is CC(C)(C)OC(=O)N1CC(O)(C2(C#N)CCOC2)C1. The van der Waals surface area contributed by atoms with E-state index >= 15 is 0 Å². The quantitative estimate of drug-likeness (QED) is 0.764. The van der Waals surface area contributed by atoms with E-state index in [1.165, 1.54) is 4.90 Å². The van der Waals surface area contributed by atoms with Crippen molar-refractivity contribution >= 4 is 6.09 Å². The van der Waals surface area contributed by atoms with Crippen LogP contribution in [0.25, 0.3) is 0 Å². The lowest BCUT2D eigenvalue weighted by atomic mass is 9.68. The molecule has 106 valence electrons. The molecule has 0 aromatic rings. The molecule has 0 aromatic heterocycles. The minimum absolute atomic E-state index is 0.124. The van der Waals surface area contributed by atoms with E-state index in [1.54, 1.807) is 20.8 Å². The Morgan fingerprint density at radius 2 is 2.11 bits per heavy atom. The Hall–Kier alpha value is -1.32. The number of carbonyl (C=O) groups excluding carboxylic acids is 1. The molecular formula is C13H20N2O4. The number of rotatable bonds is 1.